The Morgan fingerprint density at radius 3 is 2.93 bits per heavy atom. The van der Waals surface area contributed by atoms with E-state index in [-0.39, 0.29) is 16.9 Å². The molecule has 0 fully saturated rings. The molecular weight excluding hydrogens is 239 g/mol. The van der Waals surface area contributed by atoms with Crippen molar-refractivity contribution in [2.24, 2.45) is 0 Å². The van der Waals surface area contributed by atoms with Gasteiger partial charge in [-0.15, -0.1) is 0 Å². The van der Waals surface area contributed by atoms with Gasteiger partial charge >= 0.3 is 5.97 Å². The first-order valence-corrected chi connectivity index (χ1v) is 4.63. The molecule has 0 saturated heterocycles. The van der Waals surface area contributed by atoms with Gasteiger partial charge in [0.2, 0.25) is 5.28 Å². The van der Waals surface area contributed by atoms with Gasteiger partial charge in [0.25, 0.3) is 0 Å². The quantitative estimate of drug-likeness (QED) is 0.327. The van der Waals surface area contributed by atoms with Crippen LogP contribution in [0.5, 0.6) is 0 Å². The highest BCUT2D eigenvalue weighted by Gasteiger charge is 2.00. The van der Waals surface area contributed by atoms with Crippen LogP contribution in [0.2, 0.25) is 10.4 Å². The number of rotatable bonds is 1. The molecule has 0 aliphatic carbocycles. The van der Waals surface area contributed by atoms with E-state index in [1.54, 1.807) is 0 Å². The summed E-state index contributed by atoms with van der Waals surface area (Å²) in [5, 5.41) is 0.214. The van der Waals surface area contributed by atoms with Crippen LogP contribution >= 0.6 is 23.2 Å². The van der Waals surface area contributed by atoms with Crippen LogP contribution in [0.1, 0.15) is 12.0 Å². The van der Waals surface area contributed by atoms with Crippen molar-refractivity contribution in [2.75, 3.05) is 7.11 Å². The molecule has 0 spiro atoms. The van der Waals surface area contributed by atoms with Crippen LogP contribution in [0.25, 0.3) is 0 Å². The zero-order valence-corrected chi connectivity index (χ0v) is 9.26. The first-order chi connectivity index (χ1) is 7.13. The summed E-state index contributed by atoms with van der Waals surface area (Å²) in [5.41, 5.74) is 0.421. The molecule has 0 N–H and O–H groups in total. The van der Waals surface area contributed by atoms with Crippen LogP contribution in [-0.4, -0.2) is 23.0 Å². The number of esters is 1. The molecule has 0 atom stereocenters. The Bertz CT molecular complexity index is 437. The van der Waals surface area contributed by atoms with Gasteiger partial charge in [-0.05, 0) is 11.6 Å². The number of hydrogen-bond donors (Lipinski definition) is 0. The molecule has 1 rings (SSSR count). The van der Waals surface area contributed by atoms with Gasteiger partial charge in [0.1, 0.15) is 11.6 Å². The molecule has 0 radical (unpaired) electrons. The number of methoxy groups -OCH3 is 1. The van der Waals surface area contributed by atoms with Crippen molar-refractivity contribution < 1.29 is 9.53 Å². The van der Waals surface area contributed by atoms with Crippen LogP contribution in [-0.2, 0) is 9.53 Å². The first-order valence-electron chi connectivity index (χ1n) is 3.87. The van der Waals surface area contributed by atoms with E-state index in [2.05, 4.69) is 26.5 Å². The number of aromatic nitrogens is 2. The molecule has 1 heterocycles. The summed E-state index contributed by atoms with van der Waals surface area (Å²) < 4.78 is 4.41. The lowest BCUT2D eigenvalue weighted by molar-refractivity contribution is -0.139. The van der Waals surface area contributed by atoms with Gasteiger partial charge in [0.05, 0.1) is 12.7 Å². The molecule has 0 saturated carbocycles. The summed E-state index contributed by atoms with van der Waals surface area (Å²) in [6.45, 7) is 0. The van der Waals surface area contributed by atoms with E-state index in [9.17, 15) is 4.79 Å². The third kappa shape index (κ3) is 3.74. The van der Waals surface area contributed by atoms with E-state index >= 15 is 0 Å². The molecule has 0 aliphatic rings. The summed E-state index contributed by atoms with van der Waals surface area (Å²) in [6.07, 6.45) is 1.39. The monoisotopic (exact) mass is 244 g/mol. The number of nitrogens with zero attached hydrogens (tertiary/aromatic N) is 2. The third-order valence-corrected chi connectivity index (χ3v) is 1.87. The Morgan fingerprint density at radius 2 is 2.33 bits per heavy atom. The Morgan fingerprint density at radius 1 is 1.60 bits per heavy atom. The molecule has 0 unspecified atom stereocenters. The number of carbonyl (C=O) groups excluding carboxylic acids is 1. The summed E-state index contributed by atoms with van der Waals surface area (Å²) in [4.78, 5) is 18.1. The second-order valence-electron chi connectivity index (χ2n) is 2.40. The van der Waals surface area contributed by atoms with E-state index in [0.29, 0.717) is 5.56 Å². The minimum Gasteiger partial charge on any atom is -0.468 e. The Kier molecular flexibility index (Phi) is 4.35. The Balaban J connectivity index is 2.76. The molecule has 0 amide bonds. The average Bonchev–Trinajstić information content (AvgIpc) is 2.21. The molecule has 6 heteroatoms. The minimum absolute atomic E-state index is 0.00451. The summed E-state index contributed by atoms with van der Waals surface area (Å²) >= 11 is 11.2. The summed E-state index contributed by atoms with van der Waals surface area (Å²) in [7, 11) is 1.29. The van der Waals surface area contributed by atoms with Gasteiger partial charge in [-0.1, -0.05) is 23.4 Å². The number of carbonyl (C=O) groups is 1. The van der Waals surface area contributed by atoms with Crippen molar-refractivity contribution >= 4 is 29.2 Å². The molecule has 0 aliphatic heterocycles. The predicted octanol–water partition coefficient (Wildman–Crippen LogP) is 1.70. The highest BCUT2D eigenvalue weighted by atomic mass is 35.5. The van der Waals surface area contributed by atoms with E-state index < -0.39 is 5.97 Å². The van der Waals surface area contributed by atoms with Gasteiger partial charge in [0, 0.05) is 6.20 Å². The molecule has 0 aromatic carbocycles. The topological polar surface area (TPSA) is 52.1 Å². The molecule has 0 bridgehead atoms. The highest BCUT2D eigenvalue weighted by Crippen LogP contribution is 2.12. The second-order valence-corrected chi connectivity index (χ2v) is 3.09. The van der Waals surface area contributed by atoms with Crippen molar-refractivity contribution in [3.63, 3.8) is 0 Å². The van der Waals surface area contributed by atoms with Crippen molar-refractivity contribution in [1.29, 1.82) is 0 Å². The fraction of sp³-hybridized carbons (Fsp3) is 0.222. The van der Waals surface area contributed by atoms with E-state index in [1.165, 1.54) is 13.3 Å². The maximum atomic E-state index is 10.7. The van der Waals surface area contributed by atoms with Gasteiger partial charge in [-0.25, -0.2) is 9.97 Å². The molecule has 78 valence electrons. The molecular formula is C9H6Cl2N2O2. The lowest BCUT2D eigenvalue weighted by Gasteiger charge is -1.94. The predicted molar refractivity (Wildman–Crippen MR) is 55.6 cm³/mol. The number of hydrogen-bond acceptors (Lipinski definition) is 4. The number of ether oxygens (including phenoxy) is 1. The summed E-state index contributed by atoms with van der Waals surface area (Å²) in [6, 6.07) is 0. The molecule has 4 nitrogen and oxygen atoms in total. The third-order valence-electron chi connectivity index (χ3n) is 1.40. The van der Waals surface area contributed by atoms with E-state index in [4.69, 9.17) is 23.2 Å². The fourth-order valence-corrected chi connectivity index (χ4v) is 1.06. The van der Waals surface area contributed by atoms with E-state index in [1.807, 2.05) is 0 Å². The zero-order valence-electron chi connectivity index (χ0n) is 7.75. The summed E-state index contributed by atoms with van der Waals surface area (Å²) in [5.74, 6) is 4.81. The molecule has 15 heavy (non-hydrogen) atoms. The smallest absolute Gasteiger partial charge is 0.317 e. The maximum absolute atomic E-state index is 10.7. The normalized spacial score (nSPS) is 9.00. The van der Waals surface area contributed by atoms with Crippen molar-refractivity contribution in [2.45, 2.75) is 6.42 Å². The van der Waals surface area contributed by atoms with Crippen LogP contribution in [0.4, 0.5) is 0 Å². The standard InChI is InChI=1S/C9H6Cl2N2O2/c1-15-7(14)4-2-3-6-5-12-9(11)13-8(6)10/h5H,4H2,1H3. The first kappa shape index (κ1) is 11.8. The lowest BCUT2D eigenvalue weighted by Crippen LogP contribution is -1.97. The minimum atomic E-state index is -0.409. The van der Waals surface area contributed by atoms with Gasteiger partial charge < -0.3 is 4.74 Å². The fourth-order valence-electron chi connectivity index (χ4n) is 0.709. The van der Waals surface area contributed by atoms with Crippen LogP contribution in [0.15, 0.2) is 6.20 Å². The molecule has 1 aromatic heterocycles. The van der Waals surface area contributed by atoms with Crippen LogP contribution < -0.4 is 0 Å². The largest absolute Gasteiger partial charge is 0.468 e. The molecule has 1 aromatic rings. The average molecular weight is 245 g/mol. The van der Waals surface area contributed by atoms with Crippen LogP contribution in [0.3, 0.4) is 0 Å². The Labute approximate surface area is 96.6 Å². The van der Waals surface area contributed by atoms with E-state index in [0.717, 1.165) is 0 Å². The van der Waals surface area contributed by atoms with Gasteiger partial charge in [0.15, 0.2) is 0 Å². The number of halogens is 2. The second kappa shape index (κ2) is 5.54. The van der Waals surface area contributed by atoms with Crippen molar-refractivity contribution in [1.82, 2.24) is 9.97 Å². The Hall–Kier alpha value is -1.31. The van der Waals surface area contributed by atoms with Gasteiger partial charge in [-0.3, -0.25) is 4.79 Å². The zero-order chi connectivity index (χ0) is 11.3. The van der Waals surface area contributed by atoms with Crippen molar-refractivity contribution in [3.05, 3.63) is 22.2 Å². The van der Waals surface area contributed by atoms with Crippen LogP contribution in [0, 0.1) is 11.8 Å². The maximum Gasteiger partial charge on any atom is 0.317 e. The lowest BCUT2D eigenvalue weighted by atomic mass is 10.3. The highest BCUT2D eigenvalue weighted by molar-refractivity contribution is 6.32. The van der Waals surface area contributed by atoms with Crippen molar-refractivity contribution in [3.8, 4) is 11.8 Å². The van der Waals surface area contributed by atoms with Gasteiger partial charge in [-0.2, -0.15) is 0 Å². The SMILES string of the molecule is COC(=O)CC#Cc1cnc(Cl)nc1Cl.